The quantitative estimate of drug-likeness (QED) is 0.0211. The lowest BCUT2D eigenvalue weighted by molar-refractivity contribution is -0.540. The van der Waals surface area contributed by atoms with Gasteiger partial charge in [0.15, 0.2) is 0 Å². The molecule has 1 rings (SSSR count). The van der Waals surface area contributed by atoms with Crippen LogP contribution in [0.5, 0.6) is 0 Å². The van der Waals surface area contributed by atoms with Gasteiger partial charge >= 0.3 is 94.8 Å². The van der Waals surface area contributed by atoms with Crippen LogP contribution in [0.3, 0.4) is 0 Å². The summed E-state index contributed by atoms with van der Waals surface area (Å²) in [5.41, 5.74) is 0. The van der Waals surface area contributed by atoms with Gasteiger partial charge in [0.25, 0.3) is 0 Å². The molecule has 0 bridgehead atoms. The van der Waals surface area contributed by atoms with Crippen LogP contribution in [-0.2, 0) is 100 Å². The number of carbonyl (C=O) groups is 10. The summed E-state index contributed by atoms with van der Waals surface area (Å²) in [6, 6.07) is 0. The molecule has 10 atom stereocenters. The molecule has 0 amide bonds. The second kappa shape index (κ2) is 25.8. The molecular formula is C41H62O31. The molecule has 0 aromatic heterocycles. The third kappa shape index (κ3) is 13.1. The number of aliphatic hydroxyl groups excluding tert-OH is 5. The molecule has 0 radical (unpaired) electrons. The Morgan fingerprint density at radius 2 is 0.847 bits per heavy atom. The van der Waals surface area contributed by atoms with Crippen LogP contribution in [0.25, 0.3) is 0 Å². The van der Waals surface area contributed by atoms with Crippen molar-refractivity contribution in [2.45, 2.75) is 179 Å². The molecule has 31 heteroatoms. The summed E-state index contributed by atoms with van der Waals surface area (Å²) in [6.45, 7) is 4.51. The van der Waals surface area contributed by atoms with Crippen molar-refractivity contribution in [3.05, 3.63) is 0 Å². The van der Waals surface area contributed by atoms with E-state index in [1.807, 2.05) is 0 Å². The summed E-state index contributed by atoms with van der Waals surface area (Å²) >= 11 is 0. The zero-order valence-electron chi connectivity index (χ0n) is 40.5. The largest absolute Gasteiger partial charge is 0.519 e. The number of ether oxygens (including phenoxy) is 11. The van der Waals surface area contributed by atoms with Crippen molar-refractivity contribution < 1.29 is 151 Å². The van der Waals surface area contributed by atoms with E-state index in [0.29, 0.717) is 6.92 Å². The van der Waals surface area contributed by atoms with Crippen LogP contribution in [0.4, 0.5) is 0 Å². The van der Waals surface area contributed by atoms with E-state index in [-0.39, 0.29) is 0 Å². The topological polar surface area (TPSA) is 475 Å². The molecule has 0 aromatic rings. The van der Waals surface area contributed by atoms with Crippen LogP contribution in [0.2, 0.25) is 0 Å². The Morgan fingerprint density at radius 1 is 0.500 bits per heavy atom. The zero-order chi connectivity index (χ0) is 56.0. The molecule has 72 heavy (non-hydrogen) atoms. The van der Waals surface area contributed by atoms with Crippen LogP contribution in [0.1, 0.15) is 114 Å². The Labute approximate surface area is 408 Å². The summed E-state index contributed by atoms with van der Waals surface area (Å²) < 4.78 is 54.8. The van der Waals surface area contributed by atoms with Gasteiger partial charge in [-0.2, -0.15) is 0 Å². The van der Waals surface area contributed by atoms with Gasteiger partial charge in [-0.25, -0.2) is 4.79 Å². The summed E-state index contributed by atoms with van der Waals surface area (Å²) in [6.07, 6.45) is -17.4. The smallest absolute Gasteiger partial charge is 0.423 e. The SMILES string of the molecule is CCC(=O)OC(OC(=O)CC)(OC(=O)CC)C(OC(=O)CC)(OC(=O)CC)C(=O)OC(O)(OC(=O)C(C)C1(O)O[C@H](CO)[C@@H](O)[C@H](O)[C@H]1O)[C@@](O)(OC(=O)CC)[C@](O)(OC(=O)CC)[C@@](O)(CO)OC(=O)CC. The van der Waals surface area contributed by atoms with Gasteiger partial charge in [-0.1, -0.05) is 55.4 Å². The molecule has 1 aliphatic rings. The van der Waals surface area contributed by atoms with Crippen molar-refractivity contribution >= 4 is 59.7 Å². The molecule has 0 aromatic carbocycles. The third-order valence-corrected chi connectivity index (χ3v) is 10.1. The lowest BCUT2D eigenvalue weighted by atomic mass is 9.85. The molecule has 1 saturated heterocycles. The van der Waals surface area contributed by atoms with Gasteiger partial charge in [0, 0.05) is 51.4 Å². The zero-order valence-corrected chi connectivity index (χ0v) is 40.5. The molecule has 1 aliphatic heterocycles. The standard InChI is InChI=1S/C41H62O31/c1-10-22(44)63-35(57,19-43)38(59,66-25(47)13-4)39(60,67-26(48)14-5)40(61,71-33(55)20(9)36(58)32(54)31(53)30(52)21(18-42)62-36)72-34(56)37(64-23(45)11-2,65-24(46)12-3)41(68-27(49)15-6,69-28(50)16-7)70-29(51)17-8/h20-21,30-32,42-43,52-54,57-61H,10-19H2,1-9H3/t20?,21-,30-,31+,32-,35-,36?,38-,39+,40?/m1/s1. The van der Waals surface area contributed by atoms with Crippen LogP contribution < -0.4 is 0 Å². The average Bonchev–Trinajstić information content (AvgIpc) is 3.34. The monoisotopic (exact) mass is 1050 g/mol. The highest BCUT2D eigenvalue weighted by molar-refractivity contribution is 5.88. The Bertz CT molecular complexity index is 1920. The summed E-state index contributed by atoms with van der Waals surface area (Å²) in [7, 11) is 0. The van der Waals surface area contributed by atoms with Crippen molar-refractivity contribution in [3.8, 4) is 0 Å². The van der Waals surface area contributed by atoms with E-state index in [1.54, 1.807) is 0 Å². The minimum atomic E-state index is -5.66. The Hall–Kier alpha value is -5.74. The second-order valence-electron chi connectivity index (χ2n) is 15.2. The van der Waals surface area contributed by atoms with Gasteiger partial charge in [0.1, 0.15) is 36.9 Å². The number of carbonyl (C=O) groups excluding carboxylic acids is 10. The highest BCUT2D eigenvalue weighted by Gasteiger charge is 2.85. The van der Waals surface area contributed by atoms with Crippen molar-refractivity contribution in [2.75, 3.05) is 13.2 Å². The number of aliphatic hydroxyl groups is 10. The third-order valence-electron chi connectivity index (χ3n) is 10.1. The first-order valence-corrected chi connectivity index (χ1v) is 22.0. The molecule has 0 spiro atoms. The molecule has 0 aliphatic carbocycles. The number of hydrogen-bond acceptors (Lipinski definition) is 31. The van der Waals surface area contributed by atoms with Gasteiger partial charge < -0.3 is 103 Å². The van der Waals surface area contributed by atoms with Gasteiger partial charge in [-0.15, -0.1) is 0 Å². The fourth-order valence-electron chi connectivity index (χ4n) is 5.74. The van der Waals surface area contributed by atoms with Crippen molar-refractivity contribution in [2.24, 2.45) is 5.92 Å². The normalized spacial score (nSPS) is 22.8. The predicted octanol–water partition coefficient (Wildman–Crippen LogP) is -4.45. The van der Waals surface area contributed by atoms with E-state index in [2.05, 4.69) is 4.74 Å². The Kier molecular flexibility index (Phi) is 23.0. The number of hydrogen-bond donors (Lipinski definition) is 10. The number of rotatable bonds is 27. The van der Waals surface area contributed by atoms with Crippen molar-refractivity contribution in [1.29, 1.82) is 0 Å². The van der Waals surface area contributed by atoms with E-state index < -0.39 is 195 Å². The first-order valence-electron chi connectivity index (χ1n) is 22.0. The first kappa shape index (κ1) is 64.3. The summed E-state index contributed by atoms with van der Waals surface area (Å²) in [5.74, 6) is -57.3. The minimum Gasteiger partial charge on any atom is -0.423 e. The highest BCUT2D eigenvalue weighted by Crippen LogP contribution is 2.48. The molecule has 3 unspecified atom stereocenters. The molecular weight excluding hydrogens is 988 g/mol. The van der Waals surface area contributed by atoms with Crippen LogP contribution >= 0.6 is 0 Å². The lowest BCUT2D eigenvalue weighted by Crippen LogP contribution is -2.82. The van der Waals surface area contributed by atoms with Crippen molar-refractivity contribution in [3.63, 3.8) is 0 Å². The highest BCUT2D eigenvalue weighted by atomic mass is 17.0. The molecule has 31 nitrogen and oxygen atoms in total. The average molecular weight is 1050 g/mol. The fraction of sp³-hybridized carbons (Fsp3) is 0.756. The van der Waals surface area contributed by atoms with Crippen LogP contribution in [-0.4, -0.2) is 189 Å². The van der Waals surface area contributed by atoms with Crippen LogP contribution in [0.15, 0.2) is 0 Å². The Balaban J connectivity index is 5.12. The first-order chi connectivity index (χ1) is 33.3. The molecule has 1 fully saturated rings. The van der Waals surface area contributed by atoms with Gasteiger partial charge in [-0.05, 0) is 6.92 Å². The summed E-state index contributed by atoms with van der Waals surface area (Å²) in [5, 5.41) is 113. The fourth-order valence-corrected chi connectivity index (χ4v) is 5.74. The maximum absolute atomic E-state index is 15.4. The number of esters is 10. The van der Waals surface area contributed by atoms with E-state index in [0.717, 1.165) is 55.4 Å². The lowest BCUT2D eigenvalue weighted by Gasteiger charge is -2.51. The Morgan fingerprint density at radius 3 is 1.21 bits per heavy atom. The van der Waals surface area contributed by atoms with Gasteiger partial charge in [-0.3, -0.25) is 43.2 Å². The van der Waals surface area contributed by atoms with Crippen LogP contribution in [0, 0.1) is 5.92 Å². The van der Waals surface area contributed by atoms with E-state index in [9.17, 15) is 94.2 Å². The van der Waals surface area contributed by atoms with E-state index in [4.69, 9.17) is 47.4 Å². The van der Waals surface area contributed by atoms with Crippen molar-refractivity contribution in [1.82, 2.24) is 0 Å². The van der Waals surface area contributed by atoms with E-state index >= 15 is 4.79 Å². The maximum atomic E-state index is 15.4. The molecule has 10 N–H and O–H groups in total. The van der Waals surface area contributed by atoms with Gasteiger partial charge in [0.2, 0.25) is 5.79 Å². The van der Waals surface area contributed by atoms with Gasteiger partial charge in [0.05, 0.1) is 6.61 Å². The maximum Gasteiger partial charge on any atom is 0.519 e. The minimum absolute atomic E-state index is 0.445. The summed E-state index contributed by atoms with van der Waals surface area (Å²) in [4.78, 5) is 136. The van der Waals surface area contributed by atoms with E-state index in [1.165, 1.54) is 0 Å². The molecule has 0 saturated carbocycles. The predicted molar refractivity (Wildman–Crippen MR) is 220 cm³/mol. The molecule has 412 valence electrons. The molecule has 1 heterocycles. The second-order valence-corrected chi connectivity index (χ2v) is 15.2.